The van der Waals surface area contributed by atoms with E-state index >= 15 is 0 Å². The van der Waals surface area contributed by atoms with Gasteiger partial charge in [0.05, 0.1) is 0 Å². The molecule has 0 rings (SSSR count). The number of hydrogen-bond donors (Lipinski definition) is 0. The van der Waals surface area contributed by atoms with E-state index in [1.807, 2.05) is 0 Å². The number of carbonyl (C=O) groups excluding carboxylic acids is 3. The Hall–Kier alpha value is -2.37. The summed E-state index contributed by atoms with van der Waals surface area (Å²) >= 11 is 0. The van der Waals surface area contributed by atoms with Crippen LogP contribution in [0, 0.1) is 0 Å². The van der Waals surface area contributed by atoms with Gasteiger partial charge in [0.1, 0.15) is 13.2 Å². The minimum absolute atomic E-state index is 0.0761. The molecule has 0 aliphatic carbocycles. The number of unbranched alkanes of at least 4 members (excludes halogenated alkanes) is 41. The standard InChI is InChI=1S/C65H120O6/c1-4-7-10-13-16-19-22-25-27-29-31-33-35-37-40-43-46-49-52-55-58-64(67)70-61-62(60-69-63(66)57-54-51-48-45-42-39-24-21-18-15-12-9-6-3)71-65(68)59-56-53-50-47-44-41-38-36-34-32-30-28-26-23-20-17-14-11-8-5-2/h9,12,18,21,39,42,62H,4-8,10-11,13-17,19-20,22-38,40-41,43-61H2,1-3H3/b12-9-,21-18-,42-39-. The predicted octanol–water partition coefficient (Wildman–Crippen LogP) is 21.2. The number of carbonyl (C=O) groups is 3. The maximum Gasteiger partial charge on any atom is 0.306 e. The SMILES string of the molecule is CC/C=C\C/C=C\C/C=C\CCCCCC(=O)OCC(COC(=O)CCCCCCCCCCCCCCCCCCCCCC)OC(=O)CCCCCCCCCCCCCCCCCCCCCC. The molecule has 0 amide bonds. The van der Waals surface area contributed by atoms with Gasteiger partial charge >= 0.3 is 17.9 Å². The van der Waals surface area contributed by atoms with Gasteiger partial charge < -0.3 is 14.2 Å². The molecule has 1 unspecified atom stereocenters. The minimum Gasteiger partial charge on any atom is -0.462 e. The molecule has 0 aromatic heterocycles. The Morgan fingerprint density at radius 1 is 0.296 bits per heavy atom. The quantitative estimate of drug-likeness (QED) is 0.0261. The highest BCUT2D eigenvalue weighted by molar-refractivity contribution is 5.71. The van der Waals surface area contributed by atoms with E-state index in [4.69, 9.17) is 14.2 Å². The third-order valence-electron chi connectivity index (χ3n) is 14.2. The van der Waals surface area contributed by atoms with E-state index in [1.165, 1.54) is 218 Å². The van der Waals surface area contributed by atoms with Crippen molar-refractivity contribution in [3.05, 3.63) is 36.5 Å². The molecule has 416 valence electrons. The minimum atomic E-state index is -0.780. The Morgan fingerprint density at radius 2 is 0.549 bits per heavy atom. The van der Waals surface area contributed by atoms with Crippen molar-refractivity contribution in [1.82, 2.24) is 0 Å². The summed E-state index contributed by atoms with van der Waals surface area (Å²) in [5.41, 5.74) is 0. The molecule has 71 heavy (non-hydrogen) atoms. The topological polar surface area (TPSA) is 78.9 Å². The van der Waals surface area contributed by atoms with Crippen LogP contribution in [0.2, 0.25) is 0 Å². The fourth-order valence-corrected chi connectivity index (χ4v) is 9.46. The lowest BCUT2D eigenvalue weighted by molar-refractivity contribution is -0.167. The van der Waals surface area contributed by atoms with Crippen LogP contribution in [0.25, 0.3) is 0 Å². The summed E-state index contributed by atoms with van der Waals surface area (Å²) in [6, 6.07) is 0. The van der Waals surface area contributed by atoms with E-state index in [2.05, 4.69) is 57.2 Å². The zero-order chi connectivity index (χ0) is 51.4. The van der Waals surface area contributed by atoms with Crippen LogP contribution in [0.3, 0.4) is 0 Å². The molecule has 0 aliphatic heterocycles. The number of ether oxygens (including phenoxy) is 3. The molecule has 0 bridgehead atoms. The average molecular weight is 998 g/mol. The Morgan fingerprint density at radius 3 is 0.859 bits per heavy atom. The van der Waals surface area contributed by atoms with Crippen LogP contribution in [0.4, 0.5) is 0 Å². The summed E-state index contributed by atoms with van der Waals surface area (Å²) in [6.07, 6.45) is 73.0. The van der Waals surface area contributed by atoms with Crippen LogP contribution in [0.5, 0.6) is 0 Å². The van der Waals surface area contributed by atoms with Crippen molar-refractivity contribution in [1.29, 1.82) is 0 Å². The number of hydrogen-bond acceptors (Lipinski definition) is 6. The fraction of sp³-hybridized carbons (Fsp3) is 0.862. The van der Waals surface area contributed by atoms with Crippen molar-refractivity contribution < 1.29 is 28.6 Å². The molecule has 0 saturated carbocycles. The van der Waals surface area contributed by atoms with E-state index in [0.29, 0.717) is 19.3 Å². The van der Waals surface area contributed by atoms with Gasteiger partial charge in [-0.25, -0.2) is 0 Å². The summed E-state index contributed by atoms with van der Waals surface area (Å²) < 4.78 is 16.9. The summed E-state index contributed by atoms with van der Waals surface area (Å²) in [5.74, 6) is -0.882. The first-order valence-corrected chi connectivity index (χ1v) is 31.5. The van der Waals surface area contributed by atoms with Gasteiger partial charge in [0.15, 0.2) is 6.10 Å². The average Bonchev–Trinajstić information content (AvgIpc) is 3.37. The molecule has 1 atom stereocenters. The lowest BCUT2D eigenvalue weighted by Crippen LogP contribution is -2.30. The molecule has 0 heterocycles. The van der Waals surface area contributed by atoms with Gasteiger partial charge in [0.25, 0.3) is 0 Å². The van der Waals surface area contributed by atoms with Crippen molar-refractivity contribution in [2.75, 3.05) is 13.2 Å². The Bertz CT molecular complexity index is 1190. The van der Waals surface area contributed by atoms with Crippen molar-refractivity contribution in [2.45, 2.75) is 348 Å². The maximum atomic E-state index is 12.9. The Kier molecular flexibility index (Phi) is 58.2. The lowest BCUT2D eigenvalue weighted by atomic mass is 10.0. The highest BCUT2D eigenvalue weighted by atomic mass is 16.6. The molecule has 0 saturated heterocycles. The molecule has 0 radical (unpaired) electrons. The van der Waals surface area contributed by atoms with Crippen molar-refractivity contribution in [3.8, 4) is 0 Å². The van der Waals surface area contributed by atoms with Crippen LogP contribution in [0.15, 0.2) is 36.5 Å². The first-order chi connectivity index (χ1) is 35.0. The maximum absolute atomic E-state index is 12.9. The summed E-state index contributed by atoms with van der Waals surface area (Å²) in [6.45, 7) is 6.57. The van der Waals surface area contributed by atoms with Gasteiger partial charge in [0.2, 0.25) is 0 Å². The van der Waals surface area contributed by atoms with E-state index in [-0.39, 0.29) is 31.1 Å². The van der Waals surface area contributed by atoms with Crippen LogP contribution < -0.4 is 0 Å². The monoisotopic (exact) mass is 997 g/mol. The number of esters is 3. The zero-order valence-electron chi connectivity index (χ0n) is 47.8. The molecular formula is C65H120O6. The second-order valence-electron chi connectivity index (χ2n) is 21.3. The van der Waals surface area contributed by atoms with Crippen molar-refractivity contribution in [3.63, 3.8) is 0 Å². The molecule has 6 heteroatoms. The fourth-order valence-electron chi connectivity index (χ4n) is 9.46. The van der Waals surface area contributed by atoms with Crippen LogP contribution in [0.1, 0.15) is 342 Å². The molecule has 0 fully saturated rings. The number of allylic oxidation sites excluding steroid dienone is 6. The lowest BCUT2D eigenvalue weighted by Gasteiger charge is -2.18. The first-order valence-electron chi connectivity index (χ1n) is 31.5. The summed E-state index contributed by atoms with van der Waals surface area (Å²) in [4.78, 5) is 38.2. The van der Waals surface area contributed by atoms with Gasteiger partial charge in [0, 0.05) is 19.3 Å². The van der Waals surface area contributed by atoms with Gasteiger partial charge in [-0.05, 0) is 51.4 Å². The van der Waals surface area contributed by atoms with Crippen molar-refractivity contribution in [2.24, 2.45) is 0 Å². The zero-order valence-corrected chi connectivity index (χ0v) is 47.8. The molecule has 0 spiro atoms. The molecule has 6 nitrogen and oxygen atoms in total. The molecule has 0 aromatic rings. The summed E-state index contributed by atoms with van der Waals surface area (Å²) in [7, 11) is 0. The predicted molar refractivity (Wildman–Crippen MR) is 307 cm³/mol. The van der Waals surface area contributed by atoms with E-state index in [1.54, 1.807) is 0 Å². The van der Waals surface area contributed by atoms with Crippen molar-refractivity contribution >= 4 is 17.9 Å². The van der Waals surface area contributed by atoms with E-state index in [9.17, 15) is 14.4 Å². The highest BCUT2D eigenvalue weighted by Gasteiger charge is 2.19. The second-order valence-corrected chi connectivity index (χ2v) is 21.3. The van der Waals surface area contributed by atoms with Crippen LogP contribution in [-0.4, -0.2) is 37.2 Å². The molecular weight excluding hydrogens is 877 g/mol. The van der Waals surface area contributed by atoms with Crippen LogP contribution in [-0.2, 0) is 28.6 Å². The Labute approximate surface area is 442 Å². The smallest absolute Gasteiger partial charge is 0.306 e. The number of rotatable bonds is 58. The third kappa shape index (κ3) is 58.4. The normalized spacial score (nSPS) is 12.2. The van der Waals surface area contributed by atoms with Gasteiger partial charge in [-0.2, -0.15) is 0 Å². The van der Waals surface area contributed by atoms with Crippen LogP contribution >= 0.6 is 0 Å². The van der Waals surface area contributed by atoms with Gasteiger partial charge in [-0.1, -0.05) is 308 Å². The third-order valence-corrected chi connectivity index (χ3v) is 14.2. The van der Waals surface area contributed by atoms with Gasteiger partial charge in [-0.3, -0.25) is 14.4 Å². The molecule has 0 aromatic carbocycles. The van der Waals surface area contributed by atoms with Gasteiger partial charge in [-0.15, -0.1) is 0 Å². The highest BCUT2D eigenvalue weighted by Crippen LogP contribution is 2.18. The first kappa shape index (κ1) is 68.6. The Balaban J connectivity index is 4.29. The molecule has 0 N–H and O–H groups in total. The van der Waals surface area contributed by atoms with E-state index < -0.39 is 6.10 Å². The molecule has 0 aliphatic rings. The van der Waals surface area contributed by atoms with E-state index in [0.717, 1.165) is 83.5 Å². The largest absolute Gasteiger partial charge is 0.462 e. The summed E-state index contributed by atoms with van der Waals surface area (Å²) in [5, 5.41) is 0. The second kappa shape index (κ2) is 60.2.